The summed E-state index contributed by atoms with van der Waals surface area (Å²) in [5, 5.41) is 2.90. The maximum Gasteiger partial charge on any atom is 0.238 e. The lowest BCUT2D eigenvalue weighted by Crippen LogP contribution is -2.44. The molecule has 0 aliphatic carbocycles. The van der Waals surface area contributed by atoms with Crippen molar-refractivity contribution in [2.24, 2.45) is 5.92 Å². The Bertz CT molecular complexity index is 370. The van der Waals surface area contributed by atoms with E-state index in [1.54, 1.807) is 0 Å². The molecule has 4 nitrogen and oxygen atoms in total. The van der Waals surface area contributed by atoms with E-state index >= 15 is 0 Å². The van der Waals surface area contributed by atoms with Crippen LogP contribution < -0.4 is 5.32 Å². The molecule has 1 saturated heterocycles. The van der Waals surface area contributed by atoms with E-state index in [1.807, 2.05) is 0 Å². The van der Waals surface area contributed by atoms with E-state index in [2.05, 4.69) is 28.2 Å². The van der Waals surface area contributed by atoms with Crippen LogP contribution in [0.2, 0.25) is 0 Å². The van der Waals surface area contributed by atoms with Crippen LogP contribution in [0.4, 0.5) is 0 Å². The highest BCUT2D eigenvalue weighted by atomic mass is 79.9. The van der Waals surface area contributed by atoms with Gasteiger partial charge in [0, 0.05) is 11.9 Å². The summed E-state index contributed by atoms with van der Waals surface area (Å²) in [4.78, 5) is 11.9. The smallest absolute Gasteiger partial charge is 0.238 e. The van der Waals surface area contributed by atoms with Crippen LogP contribution in [0.1, 0.15) is 39.0 Å². The second-order valence-corrected chi connectivity index (χ2v) is 7.94. The molecule has 6 heteroatoms. The molecule has 0 aromatic heterocycles. The van der Waals surface area contributed by atoms with Gasteiger partial charge < -0.3 is 5.32 Å². The third kappa shape index (κ3) is 4.53. The van der Waals surface area contributed by atoms with Crippen LogP contribution in [0.3, 0.4) is 0 Å². The fraction of sp³-hybridized carbons (Fsp3) is 0.917. The van der Waals surface area contributed by atoms with Crippen LogP contribution in [0.5, 0.6) is 0 Å². The Morgan fingerprint density at radius 1 is 1.44 bits per heavy atom. The first-order valence-electron chi connectivity index (χ1n) is 6.56. The van der Waals surface area contributed by atoms with Gasteiger partial charge in [-0.1, -0.05) is 35.7 Å². The number of halogens is 1. The molecule has 2 atom stereocenters. The highest BCUT2D eigenvalue weighted by Crippen LogP contribution is 2.19. The zero-order valence-corrected chi connectivity index (χ0v) is 13.2. The van der Waals surface area contributed by atoms with Gasteiger partial charge in [-0.3, -0.25) is 4.79 Å². The summed E-state index contributed by atoms with van der Waals surface area (Å²) in [6.45, 7) is 2.66. The number of hydrogen-bond donors (Lipinski definition) is 1. The molecule has 1 aliphatic heterocycles. The zero-order valence-electron chi connectivity index (χ0n) is 10.8. The Labute approximate surface area is 118 Å². The first-order chi connectivity index (χ1) is 8.51. The van der Waals surface area contributed by atoms with Gasteiger partial charge in [0.15, 0.2) is 9.84 Å². The van der Waals surface area contributed by atoms with Crippen molar-refractivity contribution in [3.63, 3.8) is 0 Å². The van der Waals surface area contributed by atoms with Crippen LogP contribution in [0.15, 0.2) is 0 Å². The number of alkyl halides is 1. The maximum atomic E-state index is 11.9. The second-order valence-electron chi connectivity index (χ2n) is 4.85. The normalized spacial score (nSPS) is 24.4. The van der Waals surface area contributed by atoms with Gasteiger partial charge in [-0.05, 0) is 25.2 Å². The quantitative estimate of drug-likeness (QED) is 0.751. The molecule has 1 aliphatic rings. The van der Waals surface area contributed by atoms with Gasteiger partial charge in [-0.2, -0.15) is 0 Å². The molecule has 0 bridgehead atoms. The van der Waals surface area contributed by atoms with Crippen LogP contribution >= 0.6 is 15.9 Å². The summed E-state index contributed by atoms with van der Waals surface area (Å²) in [5.41, 5.74) is 0. The molecule has 0 aromatic carbocycles. The van der Waals surface area contributed by atoms with Crippen molar-refractivity contribution in [3.05, 3.63) is 0 Å². The third-order valence-corrected chi connectivity index (χ3v) is 6.16. The number of amides is 1. The summed E-state index contributed by atoms with van der Waals surface area (Å²) < 4.78 is 23.6. The highest BCUT2D eigenvalue weighted by molar-refractivity contribution is 9.09. The fourth-order valence-corrected chi connectivity index (χ4v) is 4.69. The number of nitrogens with one attached hydrogen (secondary N) is 1. The van der Waals surface area contributed by atoms with Gasteiger partial charge in [0.1, 0.15) is 5.25 Å². The highest BCUT2D eigenvalue weighted by Gasteiger charge is 2.34. The number of carbonyl (C=O) groups excluding carboxylic acids is 1. The van der Waals surface area contributed by atoms with Gasteiger partial charge in [-0.15, -0.1) is 0 Å². The standard InChI is InChI=1S/C12H22BrNO3S/c1-2-10(6-7-13)9-14-12(15)11-5-3-4-8-18(11,16)17/h10-11H,2-9H2,1H3,(H,14,15). The molecule has 1 heterocycles. The molecule has 1 N–H and O–H groups in total. The van der Waals surface area contributed by atoms with Gasteiger partial charge in [-0.25, -0.2) is 8.42 Å². The van der Waals surface area contributed by atoms with E-state index in [0.29, 0.717) is 25.3 Å². The first-order valence-corrected chi connectivity index (χ1v) is 9.40. The minimum Gasteiger partial charge on any atom is -0.355 e. The molecule has 1 fully saturated rings. The summed E-state index contributed by atoms with van der Waals surface area (Å²) in [6.07, 6.45) is 3.98. The maximum absolute atomic E-state index is 11.9. The number of carbonyl (C=O) groups is 1. The van der Waals surface area contributed by atoms with Gasteiger partial charge in [0.2, 0.25) is 5.91 Å². The minimum absolute atomic E-state index is 0.156. The van der Waals surface area contributed by atoms with Crippen molar-refractivity contribution in [3.8, 4) is 0 Å². The summed E-state index contributed by atoms with van der Waals surface area (Å²) in [6, 6.07) is 0. The van der Waals surface area contributed by atoms with Gasteiger partial charge in [0.05, 0.1) is 5.75 Å². The van der Waals surface area contributed by atoms with E-state index in [1.165, 1.54) is 0 Å². The Morgan fingerprint density at radius 3 is 2.72 bits per heavy atom. The predicted molar refractivity (Wildman–Crippen MR) is 76.6 cm³/mol. The van der Waals surface area contributed by atoms with Crippen LogP contribution in [-0.4, -0.2) is 37.2 Å². The number of hydrogen-bond acceptors (Lipinski definition) is 3. The Kier molecular flexibility index (Phi) is 6.63. The molecule has 18 heavy (non-hydrogen) atoms. The second kappa shape index (κ2) is 7.48. The van der Waals surface area contributed by atoms with Crippen LogP contribution in [-0.2, 0) is 14.6 Å². The molecular formula is C12H22BrNO3S. The molecule has 1 amide bonds. The predicted octanol–water partition coefficient (Wildman–Crippen LogP) is 1.88. The van der Waals surface area contributed by atoms with Crippen LogP contribution in [0, 0.1) is 5.92 Å². The Hall–Kier alpha value is -0.100. The summed E-state index contributed by atoms with van der Waals surface area (Å²) in [7, 11) is -3.21. The lowest BCUT2D eigenvalue weighted by atomic mass is 10.0. The lowest BCUT2D eigenvalue weighted by Gasteiger charge is -2.22. The number of rotatable bonds is 6. The van der Waals surface area contributed by atoms with Crippen molar-refractivity contribution in [1.82, 2.24) is 5.32 Å². The SMILES string of the molecule is CCC(CCBr)CNC(=O)C1CCCCS1(=O)=O. The largest absolute Gasteiger partial charge is 0.355 e. The molecule has 0 radical (unpaired) electrons. The molecular weight excluding hydrogens is 318 g/mol. The third-order valence-electron chi connectivity index (χ3n) is 3.53. The molecule has 0 aromatic rings. The van der Waals surface area contributed by atoms with Crippen molar-refractivity contribution < 1.29 is 13.2 Å². The van der Waals surface area contributed by atoms with E-state index in [0.717, 1.165) is 24.6 Å². The molecule has 0 spiro atoms. The first kappa shape index (κ1) is 16.0. The summed E-state index contributed by atoms with van der Waals surface area (Å²) >= 11 is 3.38. The fourth-order valence-electron chi connectivity index (χ4n) is 2.21. The topological polar surface area (TPSA) is 63.2 Å². The summed E-state index contributed by atoms with van der Waals surface area (Å²) in [5.74, 6) is 0.270. The molecule has 1 rings (SSSR count). The van der Waals surface area contributed by atoms with E-state index in [4.69, 9.17) is 0 Å². The molecule has 0 saturated carbocycles. The van der Waals surface area contributed by atoms with E-state index in [-0.39, 0.29) is 11.7 Å². The average molecular weight is 340 g/mol. The monoisotopic (exact) mass is 339 g/mol. The van der Waals surface area contributed by atoms with Crippen molar-refractivity contribution >= 4 is 31.7 Å². The van der Waals surface area contributed by atoms with Crippen molar-refractivity contribution in [2.75, 3.05) is 17.6 Å². The van der Waals surface area contributed by atoms with E-state index in [9.17, 15) is 13.2 Å². The van der Waals surface area contributed by atoms with Crippen LogP contribution in [0.25, 0.3) is 0 Å². The minimum atomic E-state index is -3.21. The lowest BCUT2D eigenvalue weighted by molar-refractivity contribution is -0.121. The molecule has 106 valence electrons. The zero-order chi connectivity index (χ0) is 13.6. The van der Waals surface area contributed by atoms with Gasteiger partial charge >= 0.3 is 0 Å². The van der Waals surface area contributed by atoms with Crippen molar-refractivity contribution in [1.29, 1.82) is 0 Å². The number of sulfone groups is 1. The average Bonchev–Trinajstić information content (AvgIpc) is 2.33. The van der Waals surface area contributed by atoms with Crippen molar-refractivity contribution in [2.45, 2.75) is 44.3 Å². The molecule has 2 unspecified atom stereocenters. The Balaban J connectivity index is 2.49. The Morgan fingerprint density at radius 2 is 2.17 bits per heavy atom. The van der Waals surface area contributed by atoms with Gasteiger partial charge in [0.25, 0.3) is 0 Å². The van der Waals surface area contributed by atoms with E-state index < -0.39 is 15.1 Å².